The molecule has 1 aliphatic heterocycles. The van der Waals surface area contributed by atoms with Crippen LogP contribution in [0.2, 0.25) is 5.02 Å². The summed E-state index contributed by atoms with van der Waals surface area (Å²) in [5.74, 6) is -1.28. The summed E-state index contributed by atoms with van der Waals surface area (Å²) in [4.78, 5) is 42.0. The van der Waals surface area contributed by atoms with Gasteiger partial charge in [-0.3, -0.25) is 10.1 Å². The highest BCUT2D eigenvalue weighted by Gasteiger charge is 2.31. The molecular weight excluding hydrogens is 498 g/mol. The van der Waals surface area contributed by atoms with Gasteiger partial charge in [-0.25, -0.2) is 19.8 Å². The predicted octanol–water partition coefficient (Wildman–Crippen LogP) is 4.30. The van der Waals surface area contributed by atoms with Crippen LogP contribution < -0.4 is 16.0 Å². The molecule has 0 saturated carbocycles. The van der Waals surface area contributed by atoms with Crippen LogP contribution in [-0.2, 0) is 4.79 Å². The molecule has 0 radical (unpaired) electrons. The lowest BCUT2D eigenvalue weighted by molar-refractivity contribution is -0.113. The van der Waals surface area contributed by atoms with Crippen molar-refractivity contribution < 1.29 is 19.1 Å². The Kier molecular flexibility index (Phi) is 6.28. The molecule has 12 heteroatoms. The van der Waals surface area contributed by atoms with Gasteiger partial charge in [-0.1, -0.05) is 23.7 Å². The lowest BCUT2D eigenvalue weighted by Crippen LogP contribution is -2.37. The number of nitrogens with zero attached hydrogens (tertiary/aromatic N) is 4. The number of carbonyl (C=O) groups is 2. The average molecular weight is 518 g/mol. The topological polar surface area (TPSA) is 155 Å². The Morgan fingerprint density at radius 1 is 1.11 bits per heavy atom. The number of allylic oxidation sites excluding steroid dienone is 1. The highest BCUT2D eigenvalue weighted by atomic mass is 35.5. The number of rotatable bonds is 5. The molecular formula is C25H20ClN7O4. The van der Waals surface area contributed by atoms with Crippen LogP contribution in [0.5, 0.6) is 0 Å². The van der Waals surface area contributed by atoms with Crippen molar-refractivity contribution in [2.24, 2.45) is 4.99 Å². The second-order valence-corrected chi connectivity index (χ2v) is 8.63. The van der Waals surface area contributed by atoms with E-state index in [9.17, 15) is 14.7 Å². The van der Waals surface area contributed by atoms with Crippen LogP contribution in [0.3, 0.4) is 0 Å². The number of hydrogen-bond donors (Lipinski definition) is 4. The number of aromatic nitrogens is 3. The molecule has 0 fully saturated rings. The van der Waals surface area contributed by atoms with Crippen LogP contribution in [0.1, 0.15) is 34.5 Å². The minimum absolute atomic E-state index is 0.00627. The number of carboxylic acids is 1. The second kappa shape index (κ2) is 9.70. The van der Waals surface area contributed by atoms with Gasteiger partial charge in [0.25, 0.3) is 5.91 Å². The molecule has 1 atom stereocenters. The molecule has 1 aliphatic rings. The van der Waals surface area contributed by atoms with Gasteiger partial charge < -0.3 is 20.2 Å². The number of carbonyl (C=O) groups excluding carboxylic acids is 1. The van der Waals surface area contributed by atoms with Crippen molar-refractivity contribution in [1.82, 2.24) is 20.3 Å². The number of halogens is 1. The Bertz CT molecular complexity index is 1580. The SMILES string of the molecule is CC1=C(C(=O)Nc2cc(C(=O)O)ccn2)C(c2ccc(C)cc2Cl)N=C(Nc2nc3ncccc3o2)N1. The number of aromatic carboxylic acids is 1. The molecule has 0 saturated heterocycles. The van der Waals surface area contributed by atoms with Crippen molar-refractivity contribution in [3.05, 3.63) is 87.8 Å². The van der Waals surface area contributed by atoms with Gasteiger partial charge in [0.05, 0.1) is 11.1 Å². The normalized spacial score (nSPS) is 15.2. The maximum Gasteiger partial charge on any atom is 0.335 e. The Labute approximate surface area is 215 Å². The fourth-order valence-electron chi connectivity index (χ4n) is 3.85. The molecule has 0 bridgehead atoms. The summed E-state index contributed by atoms with van der Waals surface area (Å²) in [5.41, 5.74) is 3.24. The van der Waals surface area contributed by atoms with E-state index >= 15 is 0 Å². The highest BCUT2D eigenvalue weighted by Crippen LogP contribution is 2.36. The van der Waals surface area contributed by atoms with E-state index in [0.717, 1.165) is 5.56 Å². The largest absolute Gasteiger partial charge is 0.478 e. The van der Waals surface area contributed by atoms with Gasteiger partial charge in [-0.15, -0.1) is 0 Å². The summed E-state index contributed by atoms with van der Waals surface area (Å²) in [6, 6.07) is 10.9. The molecule has 0 aliphatic carbocycles. The van der Waals surface area contributed by atoms with E-state index in [1.54, 1.807) is 31.3 Å². The first kappa shape index (κ1) is 23.9. The zero-order valence-corrected chi connectivity index (χ0v) is 20.4. The maximum absolute atomic E-state index is 13.4. The molecule has 1 aromatic carbocycles. The molecule has 5 rings (SSSR count). The predicted molar refractivity (Wildman–Crippen MR) is 137 cm³/mol. The van der Waals surface area contributed by atoms with E-state index in [-0.39, 0.29) is 28.9 Å². The number of aryl methyl sites for hydroxylation is 1. The molecule has 11 nitrogen and oxygen atoms in total. The van der Waals surface area contributed by atoms with Gasteiger partial charge in [0.2, 0.25) is 11.6 Å². The van der Waals surface area contributed by atoms with Crippen LogP contribution in [-0.4, -0.2) is 37.9 Å². The number of aliphatic imine (C=N–C) groups is 1. The second-order valence-electron chi connectivity index (χ2n) is 8.23. The summed E-state index contributed by atoms with van der Waals surface area (Å²) in [5, 5.41) is 18.4. The molecule has 3 aromatic heterocycles. The molecule has 186 valence electrons. The fourth-order valence-corrected chi connectivity index (χ4v) is 4.19. The number of oxazole rings is 1. The van der Waals surface area contributed by atoms with Crippen LogP contribution in [0.15, 0.2) is 75.5 Å². The first-order chi connectivity index (χ1) is 17.8. The third-order valence-electron chi connectivity index (χ3n) is 5.58. The molecule has 4 aromatic rings. The van der Waals surface area contributed by atoms with Crippen molar-refractivity contribution >= 4 is 52.5 Å². The summed E-state index contributed by atoms with van der Waals surface area (Å²) >= 11 is 6.58. The first-order valence-corrected chi connectivity index (χ1v) is 11.5. The van der Waals surface area contributed by atoms with E-state index in [0.29, 0.717) is 27.5 Å². The van der Waals surface area contributed by atoms with Crippen molar-refractivity contribution in [3.63, 3.8) is 0 Å². The summed E-state index contributed by atoms with van der Waals surface area (Å²) in [7, 11) is 0. The van der Waals surface area contributed by atoms with Crippen LogP contribution in [0.25, 0.3) is 11.2 Å². The van der Waals surface area contributed by atoms with Gasteiger partial charge >= 0.3 is 12.0 Å². The number of fused-ring (bicyclic) bond motifs is 1. The molecule has 4 heterocycles. The highest BCUT2D eigenvalue weighted by molar-refractivity contribution is 6.31. The maximum atomic E-state index is 13.4. The third-order valence-corrected chi connectivity index (χ3v) is 5.90. The Morgan fingerprint density at radius 2 is 1.95 bits per heavy atom. The van der Waals surface area contributed by atoms with Gasteiger partial charge in [0.1, 0.15) is 11.9 Å². The van der Waals surface area contributed by atoms with E-state index in [1.165, 1.54) is 18.3 Å². The van der Waals surface area contributed by atoms with Crippen molar-refractivity contribution in [3.8, 4) is 0 Å². The quantitative estimate of drug-likeness (QED) is 0.303. The van der Waals surface area contributed by atoms with Crippen LogP contribution in [0, 0.1) is 6.92 Å². The van der Waals surface area contributed by atoms with Gasteiger partial charge in [0.15, 0.2) is 5.58 Å². The molecule has 37 heavy (non-hydrogen) atoms. The van der Waals surface area contributed by atoms with E-state index in [2.05, 4.69) is 30.9 Å². The minimum atomic E-state index is -1.13. The number of benzene rings is 1. The van der Waals surface area contributed by atoms with E-state index in [4.69, 9.17) is 21.0 Å². The van der Waals surface area contributed by atoms with Gasteiger partial charge in [-0.05, 0) is 49.7 Å². The van der Waals surface area contributed by atoms with Crippen molar-refractivity contribution in [2.45, 2.75) is 19.9 Å². The average Bonchev–Trinajstić information content (AvgIpc) is 3.26. The number of pyridine rings is 2. The zero-order valence-electron chi connectivity index (χ0n) is 19.6. The number of amides is 1. The smallest absolute Gasteiger partial charge is 0.335 e. The Morgan fingerprint density at radius 3 is 2.70 bits per heavy atom. The van der Waals surface area contributed by atoms with Crippen molar-refractivity contribution in [1.29, 1.82) is 0 Å². The number of carboxylic acid groups (broad SMARTS) is 1. The minimum Gasteiger partial charge on any atom is -0.478 e. The number of guanidine groups is 1. The molecule has 1 amide bonds. The lowest BCUT2D eigenvalue weighted by Gasteiger charge is -2.27. The zero-order chi connectivity index (χ0) is 26.1. The third kappa shape index (κ3) is 4.98. The number of hydrogen-bond acceptors (Lipinski definition) is 9. The Hall–Kier alpha value is -4.77. The molecule has 0 spiro atoms. The lowest BCUT2D eigenvalue weighted by atomic mass is 9.95. The van der Waals surface area contributed by atoms with Crippen LogP contribution in [0.4, 0.5) is 11.8 Å². The van der Waals surface area contributed by atoms with Crippen LogP contribution >= 0.6 is 11.6 Å². The number of anilines is 2. The summed E-state index contributed by atoms with van der Waals surface area (Å²) in [6.45, 7) is 3.63. The summed E-state index contributed by atoms with van der Waals surface area (Å²) < 4.78 is 5.69. The molecule has 1 unspecified atom stereocenters. The first-order valence-electron chi connectivity index (χ1n) is 11.1. The van der Waals surface area contributed by atoms with E-state index < -0.39 is 17.9 Å². The Balaban J connectivity index is 1.50. The monoisotopic (exact) mass is 517 g/mol. The fraction of sp³-hybridized carbons (Fsp3) is 0.120. The summed E-state index contributed by atoms with van der Waals surface area (Å²) in [6.07, 6.45) is 2.92. The molecule has 4 N–H and O–H groups in total. The van der Waals surface area contributed by atoms with Crippen molar-refractivity contribution in [2.75, 3.05) is 10.6 Å². The van der Waals surface area contributed by atoms with E-state index in [1.807, 2.05) is 19.1 Å². The number of nitrogens with one attached hydrogen (secondary N) is 3. The van der Waals surface area contributed by atoms with Gasteiger partial charge in [0, 0.05) is 28.7 Å². The standard InChI is InChI=1S/C25H20ClN7O4/c1-12-5-6-15(16(26)10-12)20-19(22(34)30-18-11-14(23(35)36)7-9-27-18)13(2)29-24(31-20)33-25-32-21-17(37-25)4-3-8-28-21/h3-11,20H,1-2H3,(H,35,36)(H,27,30,34)(H2,28,29,31,32,33). The van der Waals surface area contributed by atoms with Gasteiger partial charge in [-0.2, -0.15) is 4.98 Å².